The molecule has 4 atom stereocenters. The third kappa shape index (κ3) is 16.3. The number of carbonyl (C=O) groups is 3. The molecule has 0 aromatic heterocycles. The van der Waals surface area contributed by atoms with E-state index >= 15 is 0 Å². The first-order valence-corrected chi connectivity index (χ1v) is 17.7. The van der Waals surface area contributed by atoms with Crippen LogP contribution >= 0.6 is 0 Å². The Morgan fingerprint density at radius 2 is 1.59 bits per heavy atom. The van der Waals surface area contributed by atoms with Gasteiger partial charge in [0.15, 0.2) is 5.79 Å². The average molecular weight is 646 g/mol. The predicted molar refractivity (Wildman–Crippen MR) is 184 cm³/mol. The van der Waals surface area contributed by atoms with Gasteiger partial charge in [0.05, 0.1) is 19.1 Å². The second kappa shape index (κ2) is 21.3. The first kappa shape index (κ1) is 39.5. The number of nitrogens with one attached hydrogen (secondary N) is 3. The lowest BCUT2D eigenvalue weighted by Gasteiger charge is -2.44. The van der Waals surface area contributed by atoms with E-state index in [2.05, 4.69) is 59.3 Å². The normalized spacial score (nSPS) is 23.1. The van der Waals surface area contributed by atoms with Gasteiger partial charge in [-0.2, -0.15) is 0 Å². The maximum Gasteiger partial charge on any atom is 0.315 e. The molecule has 46 heavy (non-hydrogen) atoms. The lowest BCUT2D eigenvalue weighted by molar-refractivity contribution is -0.304. The van der Waals surface area contributed by atoms with Gasteiger partial charge in [0.25, 0.3) is 0 Å². The number of rotatable bonds is 20. The minimum atomic E-state index is -0.841. The molecule has 0 aromatic carbocycles. The first-order chi connectivity index (χ1) is 21.9. The van der Waals surface area contributed by atoms with E-state index in [0.29, 0.717) is 13.0 Å². The summed E-state index contributed by atoms with van der Waals surface area (Å²) in [6.07, 6.45) is 25.9. The standard InChI is InChI=1S/C37H63N3O6/c1-7-8-9-10-11-12-13-14-15-16-17-18-19-20-21-23-29(2)39-35(43)40-30-24-22-25-31(30)45-32(41)26-27-38-34(42)33-36(3,4)28-44-37(5,6)46-33/h9-10,12-13,15-16,29-31,33H,7-8,11,14,17-28H2,1-6H3,(H,38,42)(H2,39,40,43). The van der Waals surface area contributed by atoms with E-state index < -0.39 is 23.3 Å². The summed E-state index contributed by atoms with van der Waals surface area (Å²) in [6, 6.07) is -0.355. The molecule has 3 N–H and O–H groups in total. The third-order valence-electron chi connectivity index (χ3n) is 8.46. The zero-order valence-corrected chi connectivity index (χ0v) is 29.5. The van der Waals surface area contributed by atoms with Crippen LogP contribution in [0.4, 0.5) is 4.79 Å². The van der Waals surface area contributed by atoms with Crippen molar-refractivity contribution in [2.24, 2.45) is 5.41 Å². The molecule has 0 radical (unpaired) electrons. The van der Waals surface area contributed by atoms with Crippen LogP contribution in [0.2, 0.25) is 0 Å². The largest absolute Gasteiger partial charge is 0.460 e. The van der Waals surface area contributed by atoms with Crippen LogP contribution in [0.5, 0.6) is 0 Å². The van der Waals surface area contributed by atoms with Crippen LogP contribution in [-0.4, -0.2) is 61.1 Å². The summed E-state index contributed by atoms with van der Waals surface area (Å²) >= 11 is 0. The number of allylic oxidation sites excluding steroid dienone is 6. The summed E-state index contributed by atoms with van der Waals surface area (Å²) in [7, 11) is 0. The number of amides is 3. The molecule has 9 heteroatoms. The van der Waals surface area contributed by atoms with Crippen LogP contribution in [0.1, 0.15) is 131 Å². The molecule has 1 heterocycles. The van der Waals surface area contributed by atoms with Crippen LogP contribution in [0.3, 0.4) is 0 Å². The zero-order valence-electron chi connectivity index (χ0n) is 29.5. The fraction of sp³-hybridized carbons (Fsp3) is 0.757. The molecular formula is C37H63N3O6. The molecule has 1 saturated carbocycles. The Morgan fingerprint density at radius 1 is 0.913 bits per heavy atom. The van der Waals surface area contributed by atoms with Gasteiger partial charge in [-0.05, 0) is 78.6 Å². The van der Waals surface area contributed by atoms with Gasteiger partial charge in [0.1, 0.15) is 12.2 Å². The first-order valence-electron chi connectivity index (χ1n) is 17.7. The minimum absolute atomic E-state index is 0.0517. The molecule has 2 rings (SSSR count). The van der Waals surface area contributed by atoms with Gasteiger partial charge in [-0.1, -0.05) is 82.9 Å². The van der Waals surface area contributed by atoms with Crippen molar-refractivity contribution in [2.75, 3.05) is 13.2 Å². The molecule has 1 aliphatic carbocycles. The van der Waals surface area contributed by atoms with Crippen molar-refractivity contribution in [3.05, 3.63) is 36.5 Å². The molecule has 2 aliphatic rings. The van der Waals surface area contributed by atoms with Gasteiger partial charge in [-0.15, -0.1) is 0 Å². The van der Waals surface area contributed by atoms with E-state index in [1.165, 1.54) is 25.7 Å². The van der Waals surface area contributed by atoms with Crippen molar-refractivity contribution in [3.8, 4) is 0 Å². The van der Waals surface area contributed by atoms with Crippen molar-refractivity contribution in [1.29, 1.82) is 0 Å². The van der Waals surface area contributed by atoms with E-state index in [4.69, 9.17) is 14.2 Å². The molecule has 4 unspecified atom stereocenters. The molecule has 262 valence electrons. The van der Waals surface area contributed by atoms with Crippen LogP contribution in [0.25, 0.3) is 0 Å². The zero-order chi connectivity index (χ0) is 33.8. The molecule has 0 bridgehead atoms. The minimum Gasteiger partial charge on any atom is -0.460 e. The summed E-state index contributed by atoms with van der Waals surface area (Å²) in [4.78, 5) is 38.0. The van der Waals surface area contributed by atoms with E-state index in [0.717, 1.165) is 51.4 Å². The second-order valence-electron chi connectivity index (χ2n) is 14.0. The van der Waals surface area contributed by atoms with Crippen molar-refractivity contribution in [1.82, 2.24) is 16.0 Å². The van der Waals surface area contributed by atoms with Gasteiger partial charge < -0.3 is 30.2 Å². The summed E-state index contributed by atoms with van der Waals surface area (Å²) in [5.41, 5.74) is -0.484. The smallest absolute Gasteiger partial charge is 0.315 e. The van der Waals surface area contributed by atoms with E-state index in [-0.39, 0.29) is 43.1 Å². The van der Waals surface area contributed by atoms with E-state index in [1.807, 2.05) is 20.8 Å². The summed E-state index contributed by atoms with van der Waals surface area (Å²) in [5.74, 6) is -1.50. The SMILES string of the molecule is CCCC=CCC=CCC=CCCCCCCC(C)NC(=O)NC1CCCC1OC(=O)CCNC(=O)C1OC(C)(C)OCC1(C)C. The van der Waals surface area contributed by atoms with Gasteiger partial charge in [-0.3, -0.25) is 9.59 Å². The van der Waals surface area contributed by atoms with Crippen molar-refractivity contribution < 1.29 is 28.6 Å². The van der Waals surface area contributed by atoms with Gasteiger partial charge >= 0.3 is 12.0 Å². The summed E-state index contributed by atoms with van der Waals surface area (Å²) < 4.78 is 17.2. The monoisotopic (exact) mass is 645 g/mol. The molecular weight excluding hydrogens is 582 g/mol. The predicted octanol–water partition coefficient (Wildman–Crippen LogP) is 7.41. The number of carbonyl (C=O) groups excluding carboxylic acids is 3. The third-order valence-corrected chi connectivity index (χ3v) is 8.46. The Bertz CT molecular complexity index is 1010. The van der Waals surface area contributed by atoms with Crippen molar-refractivity contribution in [3.63, 3.8) is 0 Å². The van der Waals surface area contributed by atoms with Crippen LogP contribution in [0.15, 0.2) is 36.5 Å². The van der Waals surface area contributed by atoms with E-state index in [9.17, 15) is 14.4 Å². The molecule has 2 fully saturated rings. The Hall–Kier alpha value is -2.65. The fourth-order valence-electron chi connectivity index (χ4n) is 5.68. The highest BCUT2D eigenvalue weighted by Gasteiger charge is 2.45. The van der Waals surface area contributed by atoms with Crippen LogP contribution < -0.4 is 16.0 Å². The number of hydrogen-bond acceptors (Lipinski definition) is 6. The molecule has 0 spiro atoms. The Balaban J connectivity index is 1.55. The average Bonchev–Trinajstić information content (AvgIpc) is 3.42. The maximum atomic E-state index is 12.8. The highest BCUT2D eigenvalue weighted by Crippen LogP contribution is 2.34. The van der Waals surface area contributed by atoms with Gasteiger partial charge in [0.2, 0.25) is 5.91 Å². The Kier molecular flexibility index (Phi) is 18.3. The number of hydrogen-bond donors (Lipinski definition) is 3. The lowest BCUT2D eigenvalue weighted by Crippen LogP contribution is -2.56. The number of urea groups is 1. The van der Waals surface area contributed by atoms with Crippen molar-refractivity contribution >= 4 is 17.9 Å². The topological polar surface area (TPSA) is 115 Å². The second-order valence-corrected chi connectivity index (χ2v) is 14.0. The van der Waals surface area contributed by atoms with Gasteiger partial charge in [-0.25, -0.2) is 4.79 Å². The fourth-order valence-corrected chi connectivity index (χ4v) is 5.68. The number of ether oxygens (including phenoxy) is 3. The summed E-state index contributed by atoms with van der Waals surface area (Å²) in [6.45, 7) is 12.2. The highest BCUT2D eigenvalue weighted by molar-refractivity contribution is 5.82. The number of esters is 1. The molecule has 1 saturated heterocycles. The highest BCUT2D eigenvalue weighted by atomic mass is 16.7. The maximum absolute atomic E-state index is 12.8. The van der Waals surface area contributed by atoms with Crippen LogP contribution in [-0.2, 0) is 23.8 Å². The summed E-state index contributed by atoms with van der Waals surface area (Å²) in [5, 5.41) is 8.86. The Morgan fingerprint density at radius 3 is 2.30 bits per heavy atom. The van der Waals surface area contributed by atoms with Crippen LogP contribution in [0, 0.1) is 5.41 Å². The number of unbranched alkanes of at least 4 members (excludes halogenated alkanes) is 5. The lowest BCUT2D eigenvalue weighted by atomic mass is 9.85. The quantitative estimate of drug-likeness (QED) is 0.0722. The Labute approximate surface area is 278 Å². The molecule has 9 nitrogen and oxygen atoms in total. The van der Waals surface area contributed by atoms with Crippen molar-refractivity contribution in [2.45, 2.75) is 162 Å². The van der Waals surface area contributed by atoms with E-state index in [1.54, 1.807) is 13.8 Å². The molecule has 0 aromatic rings. The molecule has 1 aliphatic heterocycles. The van der Waals surface area contributed by atoms with Gasteiger partial charge in [0, 0.05) is 18.0 Å². The molecule has 3 amide bonds.